The number of carbonyl (C=O) groups excluding carboxylic acids is 1. The molecule has 0 bridgehead atoms. The zero-order chi connectivity index (χ0) is 22.6. The molecular weight excluding hydrogens is 409 g/mol. The van der Waals surface area contributed by atoms with Crippen molar-refractivity contribution in [2.75, 3.05) is 6.61 Å². The Hall–Kier alpha value is -3.36. The first kappa shape index (κ1) is 22.3. The van der Waals surface area contributed by atoms with Crippen LogP contribution in [0.5, 0.6) is 5.75 Å². The number of nitrogens with zero attached hydrogens (tertiary/aromatic N) is 4. The van der Waals surface area contributed by atoms with E-state index < -0.39 is 12.8 Å². The molecule has 164 valence electrons. The van der Waals surface area contributed by atoms with Gasteiger partial charge >= 0.3 is 6.18 Å². The van der Waals surface area contributed by atoms with Crippen LogP contribution in [0, 0.1) is 0 Å². The van der Waals surface area contributed by atoms with Crippen LogP contribution in [-0.4, -0.2) is 44.2 Å². The van der Waals surface area contributed by atoms with Gasteiger partial charge in [-0.3, -0.25) is 9.78 Å². The molecule has 0 atom stereocenters. The van der Waals surface area contributed by atoms with Crippen molar-refractivity contribution in [3.05, 3.63) is 66.4 Å². The monoisotopic (exact) mass is 432 g/mol. The summed E-state index contributed by atoms with van der Waals surface area (Å²) >= 11 is 0. The maximum atomic E-state index is 12.9. The Morgan fingerprint density at radius 1 is 1.16 bits per heavy atom. The molecule has 3 aromatic rings. The molecule has 31 heavy (non-hydrogen) atoms. The highest BCUT2D eigenvalue weighted by atomic mass is 19.4. The summed E-state index contributed by atoms with van der Waals surface area (Å²) in [6, 6.07) is 9.88. The van der Waals surface area contributed by atoms with Crippen LogP contribution < -0.4 is 4.74 Å². The van der Waals surface area contributed by atoms with Gasteiger partial charge in [0.05, 0.1) is 12.0 Å². The number of hydrogen-bond acceptors (Lipinski definition) is 4. The maximum absolute atomic E-state index is 12.9. The predicted octanol–water partition coefficient (Wildman–Crippen LogP) is 4.47. The maximum Gasteiger partial charge on any atom is 0.422 e. The zero-order valence-electron chi connectivity index (χ0n) is 17.4. The topological polar surface area (TPSA) is 60.3 Å². The average molecular weight is 432 g/mol. The number of rotatable bonds is 7. The normalized spacial score (nSPS) is 11.6. The number of hydrogen-bond donors (Lipinski definition) is 0. The standard InChI is InChI=1S/C22H23F3N4O2/c1-15(2)29(21(30)20-12-28(3)14-27-20)11-16-8-9-26-19(10-16)17-4-6-18(7-5-17)31-13-22(23,24)25/h4-10,12,14-15H,11,13H2,1-3H3. The molecule has 6 nitrogen and oxygen atoms in total. The number of amides is 1. The Morgan fingerprint density at radius 3 is 2.45 bits per heavy atom. The van der Waals surface area contributed by atoms with Crippen molar-refractivity contribution in [1.82, 2.24) is 19.4 Å². The van der Waals surface area contributed by atoms with Gasteiger partial charge in [-0.2, -0.15) is 13.2 Å². The van der Waals surface area contributed by atoms with Gasteiger partial charge < -0.3 is 14.2 Å². The molecule has 0 aliphatic rings. The first-order chi connectivity index (χ1) is 14.6. The number of carbonyl (C=O) groups is 1. The van der Waals surface area contributed by atoms with Crippen LogP contribution in [0.25, 0.3) is 11.3 Å². The van der Waals surface area contributed by atoms with Gasteiger partial charge in [-0.25, -0.2) is 4.98 Å². The van der Waals surface area contributed by atoms with Gasteiger partial charge in [0.2, 0.25) is 0 Å². The number of aryl methyl sites for hydroxylation is 1. The van der Waals surface area contributed by atoms with E-state index in [1.54, 1.807) is 47.4 Å². The Labute approximate surface area is 178 Å². The molecule has 1 aromatic carbocycles. The second kappa shape index (κ2) is 9.20. The summed E-state index contributed by atoms with van der Waals surface area (Å²) in [6.45, 7) is 2.90. The summed E-state index contributed by atoms with van der Waals surface area (Å²) in [5.41, 5.74) is 2.63. The van der Waals surface area contributed by atoms with Crippen molar-refractivity contribution >= 4 is 5.91 Å². The summed E-state index contributed by atoms with van der Waals surface area (Å²) in [7, 11) is 1.80. The summed E-state index contributed by atoms with van der Waals surface area (Å²) in [5, 5.41) is 0. The molecule has 0 saturated carbocycles. The van der Waals surface area contributed by atoms with Crippen molar-refractivity contribution in [3.8, 4) is 17.0 Å². The van der Waals surface area contributed by atoms with Gasteiger partial charge in [0, 0.05) is 37.6 Å². The minimum atomic E-state index is -4.39. The lowest BCUT2D eigenvalue weighted by Gasteiger charge is -2.26. The lowest BCUT2D eigenvalue weighted by molar-refractivity contribution is -0.153. The zero-order valence-corrected chi connectivity index (χ0v) is 17.4. The van der Waals surface area contributed by atoms with Crippen LogP contribution >= 0.6 is 0 Å². The van der Waals surface area contributed by atoms with E-state index in [9.17, 15) is 18.0 Å². The molecular formula is C22H23F3N4O2. The molecule has 0 aliphatic heterocycles. The third kappa shape index (κ3) is 6.07. The highest BCUT2D eigenvalue weighted by Crippen LogP contribution is 2.24. The highest BCUT2D eigenvalue weighted by molar-refractivity contribution is 5.92. The number of pyridine rings is 1. The number of halogens is 3. The molecule has 2 heterocycles. The van der Waals surface area contributed by atoms with E-state index in [1.807, 2.05) is 26.0 Å². The minimum absolute atomic E-state index is 0.0452. The molecule has 0 spiro atoms. The molecule has 0 saturated heterocycles. The molecule has 0 aliphatic carbocycles. The average Bonchev–Trinajstić information content (AvgIpc) is 3.16. The summed E-state index contributed by atoms with van der Waals surface area (Å²) < 4.78 is 43.3. The summed E-state index contributed by atoms with van der Waals surface area (Å²) in [5.74, 6) is -0.0377. The first-order valence-corrected chi connectivity index (χ1v) is 9.66. The van der Waals surface area contributed by atoms with E-state index in [4.69, 9.17) is 4.74 Å². The second-order valence-electron chi connectivity index (χ2n) is 7.43. The second-order valence-corrected chi connectivity index (χ2v) is 7.43. The van der Waals surface area contributed by atoms with Crippen LogP contribution in [0.15, 0.2) is 55.1 Å². The van der Waals surface area contributed by atoms with Crippen molar-refractivity contribution in [3.63, 3.8) is 0 Å². The number of alkyl halides is 3. The van der Waals surface area contributed by atoms with Gasteiger partial charge in [0.15, 0.2) is 6.61 Å². The van der Waals surface area contributed by atoms with E-state index in [0.29, 0.717) is 17.9 Å². The Balaban J connectivity index is 1.75. The predicted molar refractivity (Wildman–Crippen MR) is 109 cm³/mol. The third-order valence-electron chi connectivity index (χ3n) is 4.54. The molecule has 0 radical (unpaired) electrons. The van der Waals surface area contributed by atoms with E-state index >= 15 is 0 Å². The number of benzene rings is 1. The lowest BCUT2D eigenvalue weighted by atomic mass is 10.1. The number of ether oxygens (including phenoxy) is 1. The fourth-order valence-corrected chi connectivity index (χ4v) is 2.97. The fourth-order valence-electron chi connectivity index (χ4n) is 2.97. The smallest absolute Gasteiger partial charge is 0.422 e. The van der Waals surface area contributed by atoms with Crippen LogP contribution in [0.2, 0.25) is 0 Å². The molecule has 2 aromatic heterocycles. The molecule has 3 rings (SSSR count). The molecule has 9 heteroatoms. The minimum Gasteiger partial charge on any atom is -0.484 e. The lowest BCUT2D eigenvalue weighted by Crippen LogP contribution is -2.36. The third-order valence-corrected chi connectivity index (χ3v) is 4.54. The van der Waals surface area contributed by atoms with Crippen molar-refractivity contribution in [2.45, 2.75) is 32.6 Å². The highest BCUT2D eigenvalue weighted by Gasteiger charge is 2.28. The molecule has 0 fully saturated rings. The Kier molecular flexibility index (Phi) is 6.62. The van der Waals surface area contributed by atoms with E-state index in [2.05, 4.69) is 9.97 Å². The van der Waals surface area contributed by atoms with Crippen LogP contribution in [0.1, 0.15) is 29.9 Å². The van der Waals surface area contributed by atoms with Crippen LogP contribution in [0.3, 0.4) is 0 Å². The number of aromatic nitrogens is 3. The van der Waals surface area contributed by atoms with Gasteiger partial charge in [-0.05, 0) is 55.8 Å². The summed E-state index contributed by atoms with van der Waals surface area (Å²) in [6.07, 6.45) is 0.516. The van der Waals surface area contributed by atoms with Gasteiger partial charge in [0.25, 0.3) is 5.91 Å². The van der Waals surface area contributed by atoms with Gasteiger partial charge in [-0.15, -0.1) is 0 Å². The molecule has 0 unspecified atom stereocenters. The van der Waals surface area contributed by atoms with E-state index in [0.717, 1.165) is 11.1 Å². The van der Waals surface area contributed by atoms with Crippen LogP contribution in [-0.2, 0) is 13.6 Å². The summed E-state index contributed by atoms with van der Waals surface area (Å²) in [4.78, 5) is 23.1. The quantitative estimate of drug-likeness (QED) is 0.553. The largest absolute Gasteiger partial charge is 0.484 e. The number of imidazole rings is 1. The first-order valence-electron chi connectivity index (χ1n) is 9.66. The van der Waals surface area contributed by atoms with Crippen molar-refractivity contribution in [2.24, 2.45) is 7.05 Å². The Morgan fingerprint density at radius 2 is 1.87 bits per heavy atom. The molecule has 0 N–H and O–H groups in total. The van der Waals surface area contributed by atoms with Crippen molar-refractivity contribution < 1.29 is 22.7 Å². The van der Waals surface area contributed by atoms with Crippen LogP contribution in [0.4, 0.5) is 13.2 Å². The van der Waals surface area contributed by atoms with E-state index in [1.165, 1.54) is 12.1 Å². The van der Waals surface area contributed by atoms with E-state index in [-0.39, 0.29) is 17.7 Å². The Bertz CT molecular complexity index is 1030. The van der Waals surface area contributed by atoms with Gasteiger partial charge in [0.1, 0.15) is 11.4 Å². The fraction of sp³-hybridized carbons (Fsp3) is 0.318. The SMILES string of the molecule is CC(C)N(Cc1ccnc(-c2ccc(OCC(F)(F)F)cc2)c1)C(=O)c1cn(C)cn1. The molecule has 1 amide bonds. The van der Waals surface area contributed by atoms with Crippen molar-refractivity contribution in [1.29, 1.82) is 0 Å². The van der Waals surface area contributed by atoms with Gasteiger partial charge in [-0.1, -0.05) is 0 Å².